The second-order valence-corrected chi connectivity index (χ2v) is 4.14. The number of rotatable bonds is 3. The van der Waals surface area contributed by atoms with E-state index in [-0.39, 0.29) is 5.92 Å². The molecule has 0 saturated heterocycles. The van der Waals surface area contributed by atoms with Gasteiger partial charge in [-0.3, -0.25) is 0 Å². The highest BCUT2D eigenvalue weighted by atomic mass is 16.5. The Kier molecular flexibility index (Phi) is 3.42. The Hall–Kier alpha value is -1.84. The Morgan fingerprint density at radius 1 is 1.41 bits per heavy atom. The van der Waals surface area contributed by atoms with Crippen molar-refractivity contribution >= 4 is 11.5 Å². The predicted molar refractivity (Wildman–Crippen MR) is 69.6 cm³/mol. The van der Waals surface area contributed by atoms with Gasteiger partial charge in [0.05, 0.1) is 12.3 Å². The third kappa shape index (κ3) is 2.64. The fraction of sp³-hybridized carbons (Fsp3) is 0.385. The first-order chi connectivity index (χ1) is 8.20. The van der Waals surface area contributed by atoms with Crippen molar-refractivity contribution in [1.82, 2.24) is 0 Å². The topological polar surface area (TPSA) is 60.0 Å². The van der Waals surface area contributed by atoms with Crippen molar-refractivity contribution < 1.29 is 4.74 Å². The summed E-state index contributed by atoms with van der Waals surface area (Å²) in [5, 5.41) is 8.14. The Labute approximate surface area is 101 Å². The summed E-state index contributed by atoms with van der Waals surface area (Å²) in [4.78, 5) is 0. The third-order valence-electron chi connectivity index (χ3n) is 2.77. The Morgan fingerprint density at radius 2 is 2.24 bits per heavy atom. The molecule has 17 heavy (non-hydrogen) atoms. The maximum Gasteiger partial charge on any atom is 0.125 e. The molecular formula is C13H17N3O. The standard InChI is InChI=1S/C13H17N3O/c1-3-17-11-6-4-5-10(8-11)12-7-9(2)13(14)16-15-12/h4-6,8-9H,3,7H2,1-2H3,(H2,14,16). The fourth-order valence-electron chi connectivity index (χ4n) is 1.76. The molecule has 90 valence electrons. The minimum atomic E-state index is 0.248. The van der Waals surface area contributed by atoms with Gasteiger partial charge in [0.25, 0.3) is 0 Å². The molecule has 1 aliphatic rings. The number of nitrogens with two attached hydrogens (primary N) is 1. The molecule has 1 aliphatic heterocycles. The molecule has 1 aromatic rings. The molecule has 4 heteroatoms. The molecule has 1 heterocycles. The van der Waals surface area contributed by atoms with Crippen LogP contribution in [0, 0.1) is 5.92 Å². The number of amidine groups is 1. The largest absolute Gasteiger partial charge is 0.494 e. The zero-order chi connectivity index (χ0) is 12.3. The predicted octanol–water partition coefficient (Wildman–Crippen LogP) is 2.19. The molecule has 1 unspecified atom stereocenters. The van der Waals surface area contributed by atoms with Gasteiger partial charge in [0, 0.05) is 17.9 Å². The van der Waals surface area contributed by atoms with E-state index in [0.29, 0.717) is 12.4 Å². The zero-order valence-electron chi connectivity index (χ0n) is 10.2. The molecule has 1 atom stereocenters. The van der Waals surface area contributed by atoms with Crippen molar-refractivity contribution in [3.8, 4) is 5.75 Å². The number of benzene rings is 1. The molecule has 0 spiro atoms. The highest BCUT2D eigenvalue weighted by molar-refractivity contribution is 6.04. The van der Waals surface area contributed by atoms with E-state index in [9.17, 15) is 0 Å². The van der Waals surface area contributed by atoms with Gasteiger partial charge in [0.1, 0.15) is 11.6 Å². The molecular weight excluding hydrogens is 214 g/mol. The summed E-state index contributed by atoms with van der Waals surface area (Å²) in [5.74, 6) is 1.72. The molecule has 0 bridgehead atoms. The smallest absolute Gasteiger partial charge is 0.125 e. The molecule has 0 amide bonds. The lowest BCUT2D eigenvalue weighted by Gasteiger charge is -2.16. The summed E-state index contributed by atoms with van der Waals surface area (Å²) in [7, 11) is 0. The van der Waals surface area contributed by atoms with Gasteiger partial charge in [0.2, 0.25) is 0 Å². The molecule has 0 radical (unpaired) electrons. The van der Waals surface area contributed by atoms with Gasteiger partial charge in [-0.15, -0.1) is 5.10 Å². The molecule has 0 aliphatic carbocycles. The maximum absolute atomic E-state index is 5.71. The van der Waals surface area contributed by atoms with Crippen molar-refractivity contribution in [3.05, 3.63) is 29.8 Å². The van der Waals surface area contributed by atoms with Crippen LogP contribution in [0.15, 0.2) is 34.5 Å². The van der Waals surface area contributed by atoms with E-state index in [1.165, 1.54) is 0 Å². The van der Waals surface area contributed by atoms with Gasteiger partial charge in [0.15, 0.2) is 0 Å². The average Bonchev–Trinajstić information content (AvgIpc) is 2.33. The third-order valence-corrected chi connectivity index (χ3v) is 2.77. The lowest BCUT2D eigenvalue weighted by Crippen LogP contribution is -2.26. The Balaban J connectivity index is 2.26. The number of hydrogen-bond acceptors (Lipinski definition) is 4. The van der Waals surface area contributed by atoms with Crippen molar-refractivity contribution in [2.75, 3.05) is 6.61 Å². The van der Waals surface area contributed by atoms with Gasteiger partial charge in [-0.05, 0) is 19.1 Å². The molecule has 0 aromatic heterocycles. The molecule has 0 fully saturated rings. The average molecular weight is 231 g/mol. The van der Waals surface area contributed by atoms with Crippen LogP contribution < -0.4 is 10.5 Å². The molecule has 2 N–H and O–H groups in total. The Morgan fingerprint density at radius 3 is 2.94 bits per heavy atom. The first-order valence-electron chi connectivity index (χ1n) is 5.83. The van der Waals surface area contributed by atoms with E-state index in [1.807, 2.05) is 31.2 Å². The van der Waals surface area contributed by atoms with Crippen LogP contribution in [-0.2, 0) is 0 Å². The van der Waals surface area contributed by atoms with Crippen molar-refractivity contribution in [1.29, 1.82) is 0 Å². The van der Waals surface area contributed by atoms with E-state index in [0.717, 1.165) is 23.4 Å². The van der Waals surface area contributed by atoms with Crippen LogP contribution in [0.4, 0.5) is 0 Å². The number of ether oxygens (including phenoxy) is 1. The van der Waals surface area contributed by atoms with Gasteiger partial charge < -0.3 is 10.5 Å². The lowest BCUT2D eigenvalue weighted by atomic mass is 9.97. The summed E-state index contributed by atoms with van der Waals surface area (Å²) >= 11 is 0. The highest BCUT2D eigenvalue weighted by Crippen LogP contribution is 2.19. The first-order valence-corrected chi connectivity index (χ1v) is 5.83. The summed E-state index contributed by atoms with van der Waals surface area (Å²) in [6.07, 6.45) is 0.824. The zero-order valence-corrected chi connectivity index (χ0v) is 10.2. The minimum Gasteiger partial charge on any atom is -0.494 e. The summed E-state index contributed by atoms with van der Waals surface area (Å²) in [6.45, 7) is 4.69. The normalized spacial score (nSPS) is 19.5. The second-order valence-electron chi connectivity index (χ2n) is 4.14. The van der Waals surface area contributed by atoms with Gasteiger partial charge >= 0.3 is 0 Å². The van der Waals surface area contributed by atoms with Crippen LogP contribution in [-0.4, -0.2) is 18.2 Å². The van der Waals surface area contributed by atoms with Crippen molar-refractivity contribution in [2.24, 2.45) is 21.9 Å². The van der Waals surface area contributed by atoms with Crippen LogP contribution >= 0.6 is 0 Å². The SMILES string of the molecule is CCOc1cccc(C2=NN=C(N)C(C)C2)c1. The Bertz CT molecular complexity index is 465. The van der Waals surface area contributed by atoms with E-state index >= 15 is 0 Å². The van der Waals surface area contributed by atoms with Crippen molar-refractivity contribution in [3.63, 3.8) is 0 Å². The van der Waals surface area contributed by atoms with Crippen LogP contribution in [0.3, 0.4) is 0 Å². The molecule has 2 rings (SSSR count). The van der Waals surface area contributed by atoms with E-state index in [2.05, 4.69) is 17.1 Å². The first kappa shape index (κ1) is 11.6. The molecule has 4 nitrogen and oxygen atoms in total. The summed E-state index contributed by atoms with van der Waals surface area (Å²) in [5.41, 5.74) is 7.74. The highest BCUT2D eigenvalue weighted by Gasteiger charge is 2.17. The number of hydrogen-bond donors (Lipinski definition) is 1. The van der Waals surface area contributed by atoms with Crippen LogP contribution in [0.2, 0.25) is 0 Å². The van der Waals surface area contributed by atoms with Crippen molar-refractivity contribution in [2.45, 2.75) is 20.3 Å². The maximum atomic E-state index is 5.71. The van der Waals surface area contributed by atoms with E-state index in [4.69, 9.17) is 10.5 Å². The second kappa shape index (κ2) is 4.99. The van der Waals surface area contributed by atoms with Gasteiger partial charge in [-0.2, -0.15) is 5.10 Å². The van der Waals surface area contributed by atoms with Gasteiger partial charge in [-0.1, -0.05) is 19.1 Å². The number of nitrogens with zero attached hydrogens (tertiary/aromatic N) is 2. The van der Waals surface area contributed by atoms with Crippen LogP contribution in [0.25, 0.3) is 0 Å². The quantitative estimate of drug-likeness (QED) is 0.866. The fourth-order valence-corrected chi connectivity index (χ4v) is 1.76. The van der Waals surface area contributed by atoms with Crippen LogP contribution in [0.5, 0.6) is 5.75 Å². The van der Waals surface area contributed by atoms with Crippen LogP contribution in [0.1, 0.15) is 25.8 Å². The molecule has 1 aromatic carbocycles. The van der Waals surface area contributed by atoms with E-state index < -0.39 is 0 Å². The molecule has 0 saturated carbocycles. The summed E-state index contributed by atoms with van der Waals surface area (Å²) < 4.78 is 5.47. The lowest BCUT2D eigenvalue weighted by molar-refractivity contribution is 0.340. The minimum absolute atomic E-state index is 0.248. The van der Waals surface area contributed by atoms with Gasteiger partial charge in [-0.25, -0.2) is 0 Å². The van der Waals surface area contributed by atoms with E-state index in [1.54, 1.807) is 0 Å². The monoisotopic (exact) mass is 231 g/mol. The summed E-state index contributed by atoms with van der Waals surface area (Å²) in [6, 6.07) is 7.92.